The van der Waals surface area contributed by atoms with Crippen LogP contribution in [0.15, 0.2) is 42.6 Å². The number of ether oxygens (including phenoxy) is 2. The van der Waals surface area contributed by atoms with Crippen LogP contribution in [0.1, 0.15) is 18.4 Å². The van der Waals surface area contributed by atoms with Gasteiger partial charge in [-0.25, -0.2) is 8.78 Å². The number of carbonyl (C=O) groups is 1. The molecule has 0 saturated carbocycles. The molecule has 1 N–H and O–H groups in total. The lowest BCUT2D eigenvalue weighted by molar-refractivity contribution is -0.132. The molecule has 1 aliphatic heterocycles. The van der Waals surface area contributed by atoms with E-state index in [9.17, 15) is 13.6 Å². The van der Waals surface area contributed by atoms with Crippen LogP contribution in [0.25, 0.3) is 10.9 Å². The molecule has 0 atom stereocenters. The number of nitrogens with zero attached hydrogens (tertiary/aromatic N) is 1. The molecule has 152 valence electrons. The molecule has 4 rings (SSSR count). The second kappa shape index (κ2) is 8.11. The summed E-state index contributed by atoms with van der Waals surface area (Å²) in [7, 11) is 1.61. The van der Waals surface area contributed by atoms with Crippen molar-refractivity contribution in [3.8, 4) is 11.5 Å². The number of aromatic nitrogens is 1. The molecule has 2 heterocycles. The minimum absolute atomic E-state index is 0.0418. The Hall–Kier alpha value is -3.09. The topological polar surface area (TPSA) is 54.6 Å². The molecule has 0 bridgehead atoms. The molecule has 1 saturated heterocycles. The predicted molar refractivity (Wildman–Crippen MR) is 105 cm³/mol. The van der Waals surface area contributed by atoms with Gasteiger partial charge in [0.05, 0.1) is 13.5 Å². The monoisotopic (exact) mass is 400 g/mol. The summed E-state index contributed by atoms with van der Waals surface area (Å²) in [6, 6.07) is 9.01. The van der Waals surface area contributed by atoms with Crippen molar-refractivity contribution in [2.24, 2.45) is 0 Å². The Morgan fingerprint density at radius 2 is 1.97 bits per heavy atom. The number of methoxy groups -OCH3 is 1. The van der Waals surface area contributed by atoms with Gasteiger partial charge in [0.15, 0.2) is 11.6 Å². The fourth-order valence-corrected chi connectivity index (χ4v) is 3.68. The van der Waals surface area contributed by atoms with Gasteiger partial charge in [0.25, 0.3) is 0 Å². The van der Waals surface area contributed by atoms with Crippen molar-refractivity contribution in [1.82, 2.24) is 9.88 Å². The highest BCUT2D eigenvalue weighted by molar-refractivity contribution is 5.89. The largest absolute Gasteiger partial charge is 0.497 e. The van der Waals surface area contributed by atoms with E-state index in [0.29, 0.717) is 32.4 Å². The normalized spacial score (nSPS) is 14.9. The predicted octanol–water partition coefficient (Wildman–Crippen LogP) is 4.07. The first-order chi connectivity index (χ1) is 14.0. The highest BCUT2D eigenvalue weighted by Crippen LogP contribution is 2.26. The van der Waals surface area contributed by atoms with Crippen LogP contribution >= 0.6 is 0 Å². The third kappa shape index (κ3) is 4.18. The van der Waals surface area contributed by atoms with E-state index in [-0.39, 0.29) is 17.8 Å². The van der Waals surface area contributed by atoms with Crippen LogP contribution < -0.4 is 9.47 Å². The number of benzene rings is 2. The van der Waals surface area contributed by atoms with Crippen LogP contribution in [-0.2, 0) is 11.2 Å². The number of fused-ring (bicyclic) bond motifs is 1. The van der Waals surface area contributed by atoms with Crippen molar-refractivity contribution in [2.75, 3.05) is 20.2 Å². The Morgan fingerprint density at radius 3 is 2.69 bits per heavy atom. The second-order valence-electron chi connectivity index (χ2n) is 7.17. The minimum Gasteiger partial charge on any atom is -0.497 e. The number of piperidine rings is 1. The van der Waals surface area contributed by atoms with Crippen molar-refractivity contribution in [2.45, 2.75) is 25.4 Å². The average Bonchev–Trinajstić information content (AvgIpc) is 3.12. The van der Waals surface area contributed by atoms with Crippen molar-refractivity contribution in [3.63, 3.8) is 0 Å². The summed E-state index contributed by atoms with van der Waals surface area (Å²) in [5, 5.41) is 0.975. The van der Waals surface area contributed by atoms with Gasteiger partial charge in [-0.3, -0.25) is 4.79 Å². The first-order valence-electron chi connectivity index (χ1n) is 9.57. The molecule has 29 heavy (non-hydrogen) atoms. The summed E-state index contributed by atoms with van der Waals surface area (Å²) in [6.07, 6.45) is 3.16. The lowest BCUT2D eigenvalue weighted by Crippen LogP contribution is -2.42. The van der Waals surface area contributed by atoms with E-state index in [1.807, 2.05) is 24.4 Å². The van der Waals surface area contributed by atoms with Gasteiger partial charge in [-0.2, -0.15) is 0 Å². The quantitative estimate of drug-likeness (QED) is 0.703. The zero-order chi connectivity index (χ0) is 20.4. The second-order valence-corrected chi connectivity index (χ2v) is 7.17. The van der Waals surface area contributed by atoms with E-state index >= 15 is 0 Å². The zero-order valence-corrected chi connectivity index (χ0v) is 16.1. The van der Waals surface area contributed by atoms with Gasteiger partial charge in [0.1, 0.15) is 17.7 Å². The molecular formula is C22H22F2N2O3. The van der Waals surface area contributed by atoms with Crippen LogP contribution in [0, 0.1) is 11.6 Å². The van der Waals surface area contributed by atoms with E-state index < -0.39 is 11.6 Å². The lowest BCUT2D eigenvalue weighted by atomic mass is 10.1. The van der Waals surface area contributed by atoms with Crippen LogP contribution in [0.5, 0.6) is 11.5 Å². The molecular weight excluding hydrogens is 378 g/mol. The Balaban J connectivity index is 1.36. The summed E-state index contributed by atoms with van der Waals surface area (Å²) in [4.78, 5) is 17.7. The number of aromatic amines is 1. The van der Waals surface area contributed by atoms with Crippen LogP contribution in [0.2, 0.25) is 0 Å². The number of nitrogens with one attached hydrogen (secondary N) is 1. The number of hydrogen-bond donors (Lipinski definition) is 1. The third-order valence-corrected chi connectivity index (χ3v) is 5.30. The number of likely N-dealkylation sites (tertiary alicyclic amines) is 1. The van der Waals surface area contributed by atoms with Crippen molar-refractivity contribution < 1.29 is 23.0 Å². The lowest BCUT2D eigenvalue weighted by Gasteiger charge is -2.32. The van der Waals surface area contributed by atoms with Gasteiger partial charge in [0, 0.05) is 49.1 Å². The molecule has 1 fully saturated rings. The molecule has 0 unspecified atom stereocenters. The van der Waals surface area contributed by atoms with Gasteiger partial charge in [-0.05, 0) is 35.9 Å². The summed E-state index contributed by atoms with van der Waals surface area (Å²) in [5.41, 5.74) is 1.89. The molecule has 1 aliphatic rings. The number of H-pyrrole nitrogens is 1. The summed E-state index contributed by atoms with van der Waals surface area (Å²) in [6.45, 7) is 1.08. The molecule has 1 amide bonds. The fraction of sp³-hybridized carbons (Fsp3) is 0.318. The van der Waals surface area contributed by atoms with E-state index in [0.717, 1.165) is 28.3 Å². The molecule has 1 aromatic heterocycles. The molecule has 0 aliphatic carbocycles. The fourth-order valence-electron chi connectivity index (χ4n) is 3.68. The van der Waals surface area contributed by atoms with Gasteiger partial charge in [0.2, 0.25) is 5.91 Å². The van der Waals surface area contributed by atoms with E-state index in [4.69, 9.17) is 9.47 Å². The highest BCUT2D eigenvalue weighted by Gasteiger charge is 2.25. The Labute approximate surface area is 167 Å². The van der Waals surface area contributed by atoms with Gasteiger partial charge >= 0.3 is 0 Å². The smallest absolute Gasteiger partial charge is 0.227 e. The van der Waals surface area contributed by atoms with Crippen molar-refractivity contribution in [1.29, 1.82) is 0 Å². The minimum atomic E-state index is -0.710. The van der Waals surface area contributed by atoms with Gasteiger partial charge in [-0.1, -0.05) is 0 Å². The highest BCUT2D eigenvalue weighted by atomic mass is 19.1. The maximum Gasteiger partial charge on any atom is 0.227 e. The maximum absolute atomic E-state index is 13.8. The van der Waals surface area contributed by atoms with E-state index in [1.54, 1.807) is 12.0 Å². The molecule has 0 radical (unpaired) electrons. The zero-order valence-electron chi connectivity index (χ0n) is 16.1. The van der Waals surface area contributed by atoms with Crippen LogP contribution in [0.4, 0.5) is 8.78 Å². The van der Waals surface area contributed by atoms with Gasteiger partial charge < -0.3 is 19.4 Å². The SMILES string of the molecule is COc1ccc2[nH]cc(CC(=O)N3CCC(Oc4ccc(F)cc4F)CC3)c2c1. The standard InChI is InChI=1S/C22H22F2N2O3/c1-28-17-3-4-20-18(12-17)14(13-25-20)10-22(27)26-8-6-16(7-9-26)29-21-5-2-15(23)11-19(21)24/h2-5,11-13,16,25H,6-10H2,1H3. The number of rotatable bonds is 5. The Kier molecular flexibility index (Phi) is 5.38. The van der Waals surface area contributed by atoms with Gasteiger partial charge in [-0.15, -0.1) is 0 Å². The first-order valence-corrected chi connectivity index (χ1v) is 9.57. The van der Waals surface area contributed by atoms with Crippen LogP contribution in [0.3, 0.4) is 0 Å². The van der Waals surface area contributed by atoms with Crippen LogP contribution in [-0.4, -0.2) is 42.1 Å². The van der Waals surface area contributed by atoms with Crippen molar-refractivity contribution >= 4 is 16.8 Å². The van der Waals surface area contributed by atoms with E-state index in [2.05, 4.69) is 4.98 Å². The molecule has 2 aromatic carbocycles. The maximum atomic E-state index is 13.8. The molecule has 7 heteroatoms. The summed E-state index contributed by atoms with van der Waals surface area (Å²) >= 11 is 0. The summed E-state index contributed by atoms with van der Waals surface area (Å²) in [5.74, 6) is -0.510. The molecule has 3 aromatic rings. The summed E-state index contributed by atoms with van der Waals surface area (Å²) < 4.78 is 37.7. The molecule has 5 nitrogen and oxygen atoms in total. The Bertz CT molecular complexity index is 1030. The van der Waals surface area contributed by atoms with Crippen molar-refractivity contribution in [3.05, 3.63) is 59.8 Å². The average molecular weight is 400 g/mol. The third-order valence-electron chi connectivity index (χ3n) is 5.30. The number of carbonyl (C=O) groups excluding carboxylic acids is 1. The van der Waals surface area contributed by atoms with E-state index in [1.165, 1.54) is 12.1 Å². The number of amides is 1. The first kappa shape index (κ1) is 19.2. The Morgan fingerprint density at radius 1 is 1.17 bits per heavy atom. The number of hydrogen-bond acceptors (Lipinski definition) is 3. The molecule has 0 spiro atoms. The number of halogens is 2.